The van der Waals surface area contributed by atoms with Crippen molar-refractivity contribution < 1.29 is 19.0 Å². The fourth-order valence-electron chi connectivity index (χ4n) is 2.46. The molecule has 0 spiro atoms. The number of hydrogen-bond donors (Lipinski definition) is 0. The number of rotatable bonds is 5. The topological polar surface area (TPSA) is 57.1 Å². The minimum Gasteiger partial charge on any atom is -0.493 e. The molecule has 0 radical (unpaired) electrons. The molecule has 0 aliphatic carbocycles. The first-order chi connectivity index (χ1) is 12.9. The molecule has 0 saturated carbocycles. The summed E-state index contributed by atoms with van der Waals surface area (Å²) >= 11 is 5.57. The van der Waals surface area contributed by atoms with Gasteiger partial charge in [-0.2, -0.15) is 0 Å². The van der Waals surface area contributed by atoms with E-state index in [1.165, 1.54) is 0 Å². The monoisotopic (exact) mass is 541 g/mol. The largest absolute Gasteiger partial charge is 0.493 e. The first-order valence-electron chi connectivity index (χ1n) is 8.20. The maximum absolute atomic E-state index is 12.2. The summed E-state index contributed by atoms with van der Waals surface area (Å²) in [6.07, 6.45) is 1.71. The van der Waals surface area contributed by atoms with E-state index in [9.17, 15) is 4.79 Å². The number of nitrogens with zero attached hydrogens (tertiary/aromatic N) is 1. The van der Waals surface area contributed by atoms with Gasteiger partial charge in [-0.05, 0) is 84.5 Å². The summed E-state index contributed by atoms with van der Waals surface area (Å²) in [6, 6.07) is 11.1. The molecule has 1 heterocycles. The van der Waals surface area contributed by atoms with Gasteiger partial charge in [0.1, 0.15) is 0 Å². The zero-order chi connectivity index (χ0) is 19.6. The predicted octanol–water partition coefficient (Wildman–Crippen LogP) is 5.19. The number of aliphatic imine (C=N–C) groups is 1. The van der Waals surface area contributed by atoms with E-state index in [1.807, 2.05) is 50.2 Å². The van der Waals surface area contributed by atoms with Crippen LogP contribution in [0.5, 0.6) is 11.5 Å². The third-order valence-electron chi connectivity index (χ3n) is 3.62. The molecule has 5 nitrogen and oxygen atoms in total. The number of methoxy groups -OCH3 is 1. The lowest BCUT2D eigenvalue weighted by atomic mass is 10.1. The van der Waals surface area contributed by atoms with Crippen LogP contribution in [-0.2, 0) is 9.53 Å². The number of hydrogen-bond acceptors (Lipinski definition) is 5. The number of cyclic esters (lactones) is 1. The quantitative estimate of drug-likeness (QED) is 0.297. The standard InChI is InChI=1S/C20H17BrINO4/c1-11(2)26-18-15(22)8-12(10-17(18)25-3)9-16-20(24)27-19(23-16)13-4-6-14(21)7-5-13/h4-11H,1-3H3/b16-9+. The summed E-state index contributed by atoms with van der Waals surface area (Å²) in [7, 11) is 1.59. The summed E-state index contributed by atoms with van der Waals surface area (Å²) in [6.45, 7) is 3.91. The molecule has 0 N–H and O–H groups in total. The fraction of sp³-hybridized carbons (Fsp3) is 0.200. The van der Waals surface area contributed by atoms with E-state index in [1.54, 1.807) is 13.2 Å². The lowest BCUT2D eigenvalue weighted by molar-refractivity contribution is -0.129. The second-order valence-electron chi connectivity index (χ2n) is 6.04. The molecule has 27 heavy (non-hydrogen) atoms. The van der Waals surface area contributed by atoms with E-state index in [0.29, 0.717) is 17.4 Å². The highest BCUT2D eigenvalue weighted by atomic mass is 127. The Hall–Kier alpha value is -1.87. The summed E-state index contributed by atoms with van der Waals surface area (Å²) in [5.41, 5.74) is 1.76. The van der Waals surface area contributed by atoms with Crippen molar-refractivity contribution in [1.29, 1.82) is 0 Å². The van der Waals surface area contributed by atoms with E-state index in [0.717, 1.165) is 19.2 Å². The highest BCUT2D eigenvalue weighted by molar-refractivity contribution is 14.1. The molecule has 0 atom stereocenters. The van der Waals surface area contributed by atoms with E-state index < -0.39 is 5.97 Å². The Morgan fingerprint density at radius 3 is 2.56 bits per heavy atom. The van der Waals surface area contributed by atoms with Crippen LogP contribution in [0.1, 0.15) is 25.0 Å². The van der Waals surface area contributed by atoms with Gasteiger partial charge in [0.15, 0.2) is 17.2 Å². The lowest BCUT2D eigenvalue weighted by Crippen LogP contribution is -2.08. The molecule has 0 unspecified atom stereocenters. The molecule has 0 fully saturated rings. The van der Waals surface area contributed by atoms with Crippen LogP contribution in [0, 0.1) is 3.57 Å². The molecule has 7 heteroatoms. The summed E-state index contributed by atoms with van der Waals surface area (Å²) in [5.74, 6) is 1.10. The van der Waals surface area contributed by atoms with Crippen molar-refractivity contribution >= 4 is 56.5 Å². The first kappa shape index (κ1) is 19.9. The minimum absolute atomic E-state index is 0.0273. The Kier molecular flexibility index (Phi) is 6.21. The van der Waals surface area contributed by atoms with E-state index >= 15 is 0 Å². The van der Waals surface area contributed by atoms with Crippen LogP contribution in [0.15, 0.2) is 51.6 Å². The Morgan fingerprint density at radius 2 is 1.93 bits per heavy atom. The molecule has 2 aromatic rings. The van der Waals surface area contributed by atoms with Gasteiger partial charge in [0.2, 0.25) is 5.90 Å². The van der Waals surface area contributed by atoms with Crippen molar-refractivity contribution in [1.82, 2.24) is 0 Å². The Morgan fingerprint density at radius 1 is 1.22 bits per heavy atom. The van der Waals surface area contributed by atoms with Crippen LogP contribution in [0.4, 0.5) is 0 Å². The van der Waals surface area contributed by atoms with Crippen molar-refractivity contribution in [2.75, 3.05) is 7.11 Å². The third-order valence-corrected chi connectivity index (χ3v) is 4.95. The third kappa shape index (κ3) is 4.70. The van der Waals surface area contributed by atoms with Crippen molar-refractivity contribution in [2.45, 2.75) is 20.0 Å². The Balaban J connectivity index is 1.95. The molecule has 0 aromatic heterocycles. The number of carbonyl (C=O) groups is 1. The van der Waals surface area contributed by atoms with Gasteiger partial charge in [0, 0.05) is 10.0 Å². The van der Waals surface area contributed by atoms with Crippen LogP contribution in [-0.4, -0.2) is 25.1 Å². The molecule has 1 aliphatic heterocycles. The molecule has 0 amide bonds. The van der Waals surface area contributed by atoms with Crippen LogP contribution >= 0.6 is 38.5 Å². The normalized spacial score (nSPS) is 15.1. The molecule has 1 aliphatic rings. The maximum atomic E-state index is 12.2. The molecule has 3 rings (SSSR count). The van der Waals surface area contributed by atoms with Gasteiger partial charge in [0.05, 0.1) is 16.8 Å². The van der Waals surface area contributed by atoms with Gasteiger partial charge in [-0.25, -0.2) is 9.79 Å². The first-order valence-corrected chi connectivity index (χ1v) is 10.1. The summed E-state index contributed by atoms with van der Waals surface area (Å²) in [4.78, 5) is 16.5. The predicted molar refractivity (Wildman–Crippen MR) is 116 cm³/mol. The zero-order valence-electron chi connectivity index (χ0n) is 15.0. The van der Waals surface area contributed by atoms with Crippen molar-refractivity contribution in [2.24, 2.45) is 4.99 Å². The number of ether oxygens (including phenoxy) is 3. The van der Waals surface area contributed by atoms with Crippen LogP contribution in [0.25, 0.3) is 6.08 Å². The van der Waals surface area contributed by atoms with Crippen LogP contribution < -0.4 is 9.47 Å². The van der Waals surface area contributed by atoms with E-state index in [2.05, 4.69) is 43.5 Å². The molecule has 140 valence electrons. The van der Waals surface area contributed by atoms with Gasteiger partial charge >= 0.3 is 5.97 Å². The lowest BCUT2D eigenvalue weighted by Gasteiger charge is -2.15. The smallest absolute Gasteiger partial charge is 0.363 e. The second-order valence-corrected chi connectivity index (χ2v) is 8.12. The molecule has 2 aromatic carbocycles. The van der Waals surface area contributed by atoms with Gasteiger partial charge < -0.3 is 14.2 Å². The average Bonchev–Trinajstić information content (AvgIpc) is 2.98. The molecule has 0 saturated heterocycles. The number of halogens is 2. The van der Waals surface area contributed by atoms with Crippen molar-refractivity contribution in [3.63, 3.8) is 0 Å². The summed E-state index contributed by atoms with van der Waals surface area (Å²) < 4.78 is 18.4. The summed E-state index contributed by atoms with van der Waals surface area (Å²) in [5, 5.41) is 0. The molecular weight excluding hydrogens is 525 g/mol. The highest BCUT2D eigenvalue weighted by Gasteiger charge is 2.24. The van der Waals surface area contributed by atoms with E-state index in [-0.39, 0.29) is 11.8 Å². The fourth-order valence-corrected chi connectivity index (χ4v) is 3.47. The van der Waals surface area contributed by atoms with Crippen molar-refractivity contribution in [3.05, 3.63) is 61.3 Å². The van der Waals surface area contributed by atoms with Gasteiger partial charge in [0.25, 0.3) is 0 Å². The number of benzene rings is 2. The second kappa shape index (κ2) is 8.43. The number of carbonyl (C=O) groups excluding carboxylic acids is 1. The SMILES string of the molecule is COc1cc(/C=C2/N=C(c3ccc(Br)cc3)OC2=O)cc(I)c1OC(C)C. The van der Waals surface area contributed by atoms with Crippen molar-refractivity contribution in [3.8, 4) is 11.5 Å². The molecule has 0 bridgehead atoms. The molecular formula is C20H17BrINO4. The maximum Gasteiger partial charge on any atom is 0.363 e. The number of esters is 1. The van der Waals surface area contributed by atoms with Crippen LogP contribution in [0.2, 0.25) is 0 Å². The average molecular weight is 542 g/mol. The van der Waals surface area contributed by atoms with Crippen LogP contribution in [0.3, 0.4) is 0 Å². The van der Waals surface area contributed by atoms with Gasteiger partial charge in [-0.3, -0.25) is 0 Å². The minimum atomic E-state index is -0.482. The van der Waals surface area contributed by atoms with E-state index in [4.69, 9.17) is 14.2 Å². The zero-order valence-corrected chi connectivity index (χ0v) is 18.7. The Bertz CT molecular complexity index is 936. The van der Waals surface area contributed by atoms with Gasteiger partial charge in [-0.1, -0.05) is 15.9 Å². The Labute approximate surface area is 179 Å². The van der Waals surface area contributed by atoms with Gasteiger partial charge in [-0.15, -0.1) is 0 Å². The highest BCUT2D eigenvalue weighted by Crippen LogP contribution is 2.35.